The number of carboxylic acid groups (broad SMARTS) is 1. The van der Waals surface area contributed by atoms with Gasteiger partial charge in [0.2, 0.25) is 0 Å². The molecule has 0 aromatic carbocycles. The summed E-state index contributed by atoms with van der Waals surface area (Å²) in [5.41, 5.74) is 0. The molecule has 0 aliphatic carbocycles. The van der Waals surface area contributed by atoms with Crippen LogP contribution in [0, 0.1) is 5.92 Å². The fourth-order valence-corrected chi connectivity index (χ4v) is 3.54. The largest absolute Gasteiger partial charge is 0.481 e. The minimum Gasteiger partial charge on any atom is -0.481 e. The monoisotopic (exact) mass is 316 g/mol. The lowest BCUT2D eigenvalue weighted by Gasteiger charge is -2.24. The molecule has 110 valence electrons. The molecule has 1 N–H and O–H groups in total. The Kier molecular flexibility index (Phi) is 4.88. The molecule has 0 radical (unpaired) electrons. The molecule has 0 bridgehead atoms. The Labute approximate surface area is 126 Å². The van der Waals surface area contributed by atoms with Crippen molar-refractivity contribution in [2.24, 2.45) is 5.92 Å². The Morgan fingerprint density at radius 1 is 1.55 bits per heavy atom. The van der Waals surface area contributed by atoms with Crippen molar-refractivity contribution in [1.82, 2.24) is 9.80 Å². The van der Waals surface area contributed by atoms with Gasteiger partial charge in [-0.1, -0.05) is 11.6 Å². The van der Waals surface area contributed by atoms with Crippen LogP contribution in [-0.4, -0.2) is 47.0 Å². The second kappa shape index (κ2) is 6.45. The average molecular weight is 317 g/mol. The molecule has 1 aliphatic rings. The third kappa shape index (κ3) is 3.86. The van der Waals surface area contributed by atoms with Crippen molar-refractivity contribution < 1.29 is 14.7 Å². The Hall–Kier alpha value is -1.27. The van der Waals surface area contributed by atoms with E-state index in [9.17, 15) is 9.59 Å². The molecule has 0 saturated carbocycles. The van der Waals surface area contributed by atoms with Crippen LogP contribution in [0.25, 0.3) is 0 Å². The fraction of sp³-hybridized carbons (Fsp3) is 0.538. The van der Waals surface area contributed by atoms with E-state index in [0.29, 0.717) is 24.0 Å². The van der Waals surface area contributed by atoms with Crippen LogP contribution in [0.15, 0.2) is 12.1 Å². The smallest absolute Gasteiger partial charge is 0.320 e. The SMILES string of the molecule is CN(Cc1ccc(Cl)s1)C(=O)N1CCC(CC(=O)O)C1. The molecule has 1 atom stereocenters. The van der Waals surface area contributed by atoms with Crippen molar-refractivity contribution in [3.05, 3.63) is 21.3 Å². The highest BCUT2D eigenvalue weighted by atomic mass is 35.5. The van der Waals surface area contributed by atoms with Gasteiger partial charge in [-0.05, 0) is 24.5 Å². The number of nitrogens with zero attached hydrogens (tertiary/aromatic N) is 2. The second-order valence-corrected chi connectivity index (χ2v) is 6.84. The second-order valence-electron chi connectivity index (χ2n) is 5.04. The van der Waals surface area contributed by atoms with Crippen LogP contribution in [-0.2, 0) is 11.3 Å². The van der Waals surface area contributed by atoms with E-state index in [1.54, 1.807) is 16.8 Å². The summed E-state index contributed by atoms with van der Waals surface area (Å²) >= 11 is 7.33. The predicted molar refractivity (Wildman–Crippen MR) is 78.1 cm³/mol. The van der Waals surface area contributed by atoms with Crippen molar-refractivity contribution in [3.63, 3.8) is 0 Å². The van der Waals surface area contributed by atoms with Gasteiger partial charge in [0.1, 0.15) is 0 Å². The Morgan fingerprint density at radius 2 is 2.30 bits per heavy atom. The van der Waals surface area contributed by atoms with Gasteiger partial charge in [-0.15, -0.1) is 11.3 Å². The minimum atomic E-state index is -0.800. The van der Waals surface area contributed by atoms with Gasteiger partial charge >= 0.3 is 12.0 Å². The van der Waals surface area contributed by atoms with Crippen LogP contribution < -0.4 is 0 Å². The van der Waals surface area contributed by atoms with Crippen molar-refractivity contribution in [1.29, 1.82) is 0 Å². The first kappa shape index (κ1) is 15.1. The first-order valence-electron chi connectivity index (χ1n) is 6.41. The van der Waals surface area contributed by atoms with Crippen LogP contribution in [0.3, 0.4) is 0 Å². The van der Waals surface area contributed by atoms with E-state index in [1.165, 1.54) is 11.3 Å². The summed E-state index contributed by atoms with van der Waals surface area (Å²) in [6, 6.07) is 3.68. The molecule has 1 aromatic heterocycles. The number of hydrogen-bond acceptors (Lipinski definition) is 3. The normalized spacial score (nSPS) is 18.3. The summed E-state index contributed by atoms with van der Waals surface area (Å²) < 4.78 is 0.712. The summed E-state index contributed by atoms with van der Waals surface area (Å²) in [6.45, 7) is 1.68. The molecule has 2 amide bonds. The zero-order valence-electron chi connectivity index (χ0n) is 11.2. The molecule has 1 fully saturated rings. The maximum Gasteiger partial charge on any atom is 0.320 e. The van der Waals surface area contributed by atoms with E-state index in [1.807, 2.05) is 12.1 Å². The molecule has 2 heterocycles. The Bertz CT molecular complexity index is 506. The van der Waals surface area contributed by atoms with Gasteiger partial charge in [0.25, 0.3) is 0 Å². The first-order valence-corrected chi connectivity index (χ1v) is 7.61. The molecule has 5 nitrogen and oxygen atoms in total. The Morgan fingerprint density at radius 3 is 2.90 bits per heavy atom. The van der Waals surface area contributed by atoms with Crippen LogP contribution in [0.2, 0.25) is 4.34 Å². The molecule has 20 heavy (non-hydrogen) atoms. The van der Waals surface area contributed by atoms with E-state index in [2.05, 4.69) is 0 Å². The van der Waals surface area contributed by atoms with E-state index >= 15 is 0 Å². The van der Waals surface area contributed by atoms with Crippen LogP contribution >= 0.6 is 22.9 Å². The molecular formula is C13H17ClN2O3S. The van der Waals surface area contributed by atoms with E-state index in [4.69, 9.17) is 16.7 Å². The highest BCUT2D eigenvalue weighted by molar-refractivity contribution is 7.16. The highest BCUT2D eigenvalue weighted by Crippen LogP contribution is 2.24. The maximum absolute atomic E-state index is 12.3. The highest BCUT2D eigenvalue weighted by Gasteiger charge is 2.29. The standard InChI is InChI=1S/C13H17ClN2O3S/c1-15(8-10-2-3-11(14)20-10)13(19)16-5-4-9(7-16)6-12(17)18/h2-3,9H,4-8H2,1H3,(H,17,18). The molecule has 1 aliphatic heterocycles. The number of rotatable bonds is 4. The van der Waals surface area contributed by atoms with Crippen molar-refractivity contribution in [3.8, 4) is 0 Å². The number of carboxylic acids is 1. The molecule has 0 spiro atoms. The van der Waals surface area contributed by atoms with Gasteiger partial charge in [0, 0.05) is 31.4 Å². The zero-order chi connectivity index (χ0) is 14.7. The van der Waals surface area contributed by atoms with Crippen molar-refractivity contribution in [2.45, 2.75) is 19.4 Å². The molecule has 7 heteroatoms. The minimum absolute atomic E-state index is 0.0533. The number of thiophene rings is 1. The third-order valence-corrected chi connectivity index (χ3v) is 4.58. The van der Waals surface area contributed by atoms with Crippen LogP contribution in [0.4, 0.5) is 4.79 Å². The average Bonchev–Trinajstić information content (AvgIpc) is 2.97. The van der Waals surface area contributed by atoms with Crippen LogP contribution in [0.5, 0.6) is 0 Å². The maximum atomic E-state index is 12.3. The van der Waals surface area contributed by atoms with Gasteiger partial charge in [-0.2, -0.15) is 0 Å². The number of likely N-dealkylation sites (tertiary alicyclic amines) is 1. The molecule has 1 saturated heterocycles. The van der Waals surface area contributed by atoms with Gasteiger partial charge in [0.05, 0.1) is 10.9 Å². The number of hydrogen-bond donors (Lipinski definition) is 1. The lowest BCUT2D eigenvalue weighted by molar-refractivity contribution is -0.138. The number of amides is 2. The first-order chi connectivity index (χ1) is 9.45. The molecule has 2 rings (SSSR count). The number of carbonyl (C=O) groups is 2. The molecule has 1 unspecified atom stereocenters. The van der Waals surface area contributed by atoms with E-state index in [0.717, 1.165) is 11.3 Å². The van der Waals surface area contributed by atoms with Crippen molar-refractivity contribution in [2.75, 3.05) is 20.1 Å². The molecule has 1 aromatic rings. The summed E-state index contributed by atoms with van der Waals surface area (Å²) in [7, 11) is 1.75. The Balaban J connectivity index is 1.86. The number of halogens is 1. The number of urea groups is 1. The van der Waals surface area contributed by atoms with Gasteiger partial charge in [-0.3, -0.25) is 4.79 Å². The van der Waals surface area contributed by atoms with Crippen molar-refractivity contribution >= 4 is 34.9 Å². The summed E-state index contributed by atoms with van der Waals surface area (Å²) in [6.07, 6.45) is 0.894. The lowest BCUT2D eigenvalue weighted by Crippen LogP contribution is -2.39. The quantitative estimate of drug-likeness (QED) is 0.929. The number of carbonyl (C=O) groups excluding carboxylic acids is 1. The fourth-order valence-electron chi connectivity index (χ4n) is 2.40. The van der Waals surface area contributed by atoms with E-state index < -0.39 is 5.97 Å². The third-order valence-electron chi connectivity index (χ3n) is 3.37. The van der Waals surface area contributed by atoms with Gasteiger partial charge in [-0.25, -0.2) is 4.79 Å². The van der Waals surface area contributed by atoms with Gasteiger partial charge in [0.15, 0.2) is 0 Å². The summed E-state index contributed by atoms with van der Waals surface area (Å²) in [5, 5.41) is 8.78. The van der Waals surface area contributed by atoms with Gasteiger partial charge < -0.3 is 14.9 Å². The van der Waals surface area contributed by atoms with Crippen LogP contribution in [0.1, 0.15) is 17.7 Å². The summed E-state index contributed by atoms with van der Waals surface area (Å²) in [5.74, 6) is -0.730. The predicted octanol–water partition coefficient (Wildman–Crippen LogP) is 2.75. The summed E-state index contributed by atoms with van der Waals surface area (Å²) in [4.78, 5) is 27.4. The lowest BCUT2D eigenvalue weighted by atomic mass is 10.1. The topological polar surface area (TPSA) is 60.9 Å². The molecular weight excluding hydrogens is 300 g/mol. The number of aliphatic carboxylic acids is 1. The zero-order valence-corrected chi connectivity index (χ0v) is 12.8. The van der Waals surface area contributed by atoms with E-state index in [-0.39, 0.29) is 18.4 Å².